The summed E-state index contributed by atoms with van der Waals surface area (Å²) in [5.74, 6) is -0.0444. The van der Waals surface area contributed by atoms with Gasteiger partial charge in [-0.1, -0.05) is 18.2 Å². The Morgan fingerprint density at radius 3 is 2.42 bits per heavy atom. The number of piperidine rings is 1. The fourth-order valence-electron chi connectivity index (χ4n) is 2.85. The average Bonchev–Trinajstić information content (AvgIpc) is 2.59. The summed E-state index contributed by atoms with van der Waals surface area (Å²) in [6.45, 7) is 2.40. The zero-order chi connectivity index (χ0) is 17.6. The van der Waals surface area contributed by atoms with E-state index in [9.17, 15) is 13.2 Å². The minimum absolute atomic E-state index is 0.0468. The smallest absolute Gasteiger partial charge is 0.243 e. The van der Waals surface area contributed by atoms with E-state index >= 15 is 0 Å². The minimum Gasteiger partial charge on any atom is -0.356 e. The minimum atomic E-state index is -3.45. The summed E-state index contributed by atoms with van der Waals surface area (Å²) in [5, 5.41) is 2.96. The van der Waals surface area contributed by atoms with E-state index in [4.69, 9.17) is 0 Å². The number of amides is 1. The number of rotatable bonds is 7. The summed E-state index contributed by atoms with van der Waals surface area (Å²) in [6, 6.07) is 8.46. The van der Waals surface area contributed by atoms with E-state index in [-0.39, 0.29) is 11.8 Å². The Balaban J connectivity index is 1.82. The average molecular weight is 353 g/mol. The van der Waals surface area contributed by atoms with Gasteiger partial charge in [0.05, 0.1) is 4.90 Å². The van der Waals surface area contributed by atoms with Crippen molar-refractivity contribution in [3.05, 3.63) is 30.3 Å². The number of hydrogen-bond acceptors (Lipinski definition) is 4. The summed E-state index contributed by atoms with van der Waals surface area (Å²) in [6.07, 6.45) is 2.07. The van der Waals surface area contributed by atoms with Gasteiger partial charge in [0.25, 0.3) is 0 Å². The molecule has 1 saturated heterocycles. The number of benzene rings is 1. The van der Waals surface area contributed by atoms with Gasteiger partial charge in [-0.2, -0.15) is 4.31 Å². The molecule has 134 valence electrons. The van der Waals surface area contributed by atoms with Crippen molar-refractivity contribution < 1.29 is 13.2 Å². The Bertz CT molecular complexity index is 624. The van der Waals surface area contributed by atoms with Gasteiger partial charge in [-0.15, -0.1) is 0 Å². The van der Waals surface area contributed by atoms with Gasteiger partial charge in [-0.05, 0) is 52.0 Å². The molecule has 1 fully saturated rings. The number of nitrogens with zero attached hydrogens (tertiary/aromatic N) is 2. The van der Waals surface area contributed by atoms with Crippen LogP contribution in [0.2, 0.25) is 0 Å². The lowest BCUT2D eigenvalue weighted by Gasteiger charge is -2.30. The van der Waals surface area contributed by atoms with Crippen molar-refractivity contribution in [2.45, 2.75) is 24.2 Å². The maximum Gasteiger partial charge on any atom is 0.243 e. The van der Waals surface area contributed by atoms with E-state index in [0.29, 0.717) is 37.4 Å². The standard InChI is InChI=1S/C17H27N3O3S/c1-19(2)12-6-11-18-17(21)15-9-13-20(14-10-15)24(22,23)16-7-4-3-5-8-16/h3-5,7-8,15H,6,9-14H2,1-2H3,(H,18,21). The van der Waals surface area contributed by atoms with E-state index < -0.39 is 10.0 Å². The molecule has 1 heterocycles. The molecule has 6 nitrogen and oxygen atoms in total. The van der Waals surface area contributed by atoms with Gasteiger partial charge < -0.3 is 10.2 Å². The van der Waals surface area contributed by atoms with E-state index in [0.717, 1.165) is 13.0 Å². The highest BCUT2D eigenvalue weighted by Crippen LogP contribution is 2.23. The molecule has 0 aliphatic carbocycles. The summed E-state index contributed by atoms with van der Waals surface area (Å²) < 4.78 is 26.6. The highest BCUT2D eigenvalue weighted by molar-refractivity contribution is 7.89. The van der Waals surface area contributed by atoms with Crippen LogP contribution in [-0.4, -0.2) is 63.8 Å². The van der Waals surface area contributed by atoms with Crippen molar-refractivity contribution in [1.29, 1.82) is 0 Å². The molecule has 7 heteroatoms. The topological polar surface area (TPSA) is 69.7 Å². The molecular formula is C17H27N3O3S. The highest BCUT2D eigenvalue weighted by Gasteiger charge is 2.31. The van der Waals surface area contributed by atoms with Crippen molar-refractivity contribution in [1.82, 2.24) is 14.5 Å². The monoisotopic (exact) mass is 353 g/mol. The predicted octanol–water partition coefficient (Wildman–Crippen LogP) is 1.16. The second-order valence-corrected chi connectivity index (χ2v) is 8.38. The number of hydrogen-bond donors (Lipinski definition) is 1. The van der Waals surface area contributed by atoms with Crippen LogP contribution in [0.15, 0.2) is 35.2 Å². The molecule has 24 heavy (non-hydrogen) atoms. The second-order valence-electron chi connectivity index (χ2n) is 6.44. The first-order chi connectivity index (χ1) is 11.4. The van der Waals surface area contributed by atoms with E-state index in [2.05, 4.69) is 10.2 Å². The SMILES string of the molecule is CN(C)CCCNC(=O)C1CCN(S(=O)(=O)c2ccccc2)CC1. The van der Waals surface area contributed by atoms with Crippen LogP contribution in [0.5, 0.6) is 0 Å². The van der Waals surface area contributed by atoms with Crippen LogP contribution in [0.3, 0.4) is 0 Å². The summed E-state index contributed by atoms with van der Waals surface area (Å²) in [5.41, 5.74) is 0. The Morgan fingerprint density at radius 2 is 1.83 bits per heavy atom. The molecule has 0 aromatic heterocycles. The van der Waals surface area contributed by atoms with Crippen LogP contribution in [0, 0.1) is 5.92 Å². The van der Waals surface area contributed by atoms with Crippen molar-refractivity contribution in [2.75, 3.05) is 40.3 Å². The van der Waals surface area contributed by atoms with Crippen LogP contribution in [-0.2, 0) is 14.8 Å². The third kappa shape index (κ3) is 5.03. The fourth-order valence-corrected chi connectivity index (χ4v) is 4.34. The molecule has 0 bridgehead atoms. The number of carbonyl (C=O) groups is 1. The molecule has 0 radical (unpaired) electrons. The highest BCUT2D eigenvalue weighted by atomic mass is 32.2. The number of carbonyl (C=O) groups excluding carboxylic acids is 1. The van der Waals surface area contributed by atoms with Crippen molar-refractivity contribution in [3.63, 3.8) is 0 Å². The lowest BCUT2D eigenvalue weighted by Crippen LogP contribution is -2.43. The summed E-state index contributed by atoms with van der Waals surface area (Å²) in [4.78, 5) is 14.6. The Hall–Kier alpha value is -1.44. The molecule has 1 aromatic rings. The van der Waals surface area contributed by atoms with Crippen LogP contribution in [0.1, 0.15) is 19.3 Å². The van der Waals surface area contributed by atoms with Crippen LogP contribution in [0.25, 0.3) is 0 Å². The normalized spacial score (nSPS) is 17.1. The molecule has 0 saturated carbocycles. The van der Waals surface area contributed by atoms with Gasteiger partial charge in [0.1, 0.15) is 0 Å². The lowest BCUT2D eigenvalue weighted by atomic mass is 9.97. The molecule has 1 N–H and O–H groups in total. The maximum absolute atomic E-state index is 12.6. The van der Waals surface area contributed by atoms with E-state index in [1.807, 2.05) is 14.1 Å². The fraction of sp³-hybridized carbons (Fsp3) is 0.588. The number of sulfonamides is 1. The molecule has 1 aliphatic heterocycles. The molecule has 0 unspecified atom stereocenters. The summed E-state index contributed by atoms with van der Waals surface area (Å²) >= 11 is 0. The molecule has 2 rings (SSSR count). The lowest BCUT2D eigenvalue weighted by molar-refractivity contribution is -0.126. The Kier molecular flexibility index (Phi) is 6.77. The van der Waals surface area contributed by atoms with Gasteiger partial charge >= 0.3 is 0 Å². The molecular weight excluding hydrogens is 326 g/mol. The Labute approximate surface area is 144 Å². The van der Waals surface area contributed by atoms with Gasteiger partial charge in [0, 0.05) is 25.6 Å². The summed E-state index contributed by atoms with van der Waals surface area (Å²) in [7, 11) is 0.564. The third-order valence-electron chi connectivity index (χ3n) is 4.29. The van der Waals surface area contributed by atoms with Gasteiger partial charge in [0.2, 0.25) is 15.9 Å². The van der Waals surface area contributed by atoms with E-state index in [1.165, 1.54) is 4.31 Å². The second kappa shape index (κ2) is 8.60. The third-order valence-corrected chi connectivity index (χ3v) is 6.20. The maximum atomic E-state index is 12.6. The molecule has 1 amide bonds. The van der Waals surface area contributed by atoms with Crippen molar-refractivity contribution in [2.24, 2.45) is 5.92 Å². The predicted molar refractivity (Wildman–Crippen MR) is 94.1 cm³/mol. The van der Waals surface area contributed by atoms with Gasteiger partial charge in [0.15, 0.2) is 0 Å². The van der Waals surface area contributed by atoms with Crippen LogP contribution in [0.4, 0.5) is 0 Å². The molecule has 0 atom stereocenters. The number of nitrogens with one attached hydrogen (secondary N) is 1. The van der Waals surface area contributed by atoms with Crippen LogP contribution < -0.4 is 5.32 Å². The van der Waals surface area contributed by atoms with Crippen LogP contribution >= 0.6 is 0 Å². The zero-order valence-electron chi connectivity index (χ0n) is 14.4. The zero-order valence-corrected chi connectivity index (χ0v) is 15.3. The van der Waals surface area contributed by atoms with Gasteiger partial charge in [-0.3, -0.25) is 4.79 Å². The van der Waals surface area contributed by atoms with Crippen molar-refractivity contribution >= 4 is 15.9 Å². The Morgan fingerprint density at radius 1 is 1.21 bits per heavy atom. The first-order valence-electron chi connectivity index (χ1n) is 8.39. The first kappa shape index (κ1) is 18.9. The first-order valence-corrected chi connectivity index (χ1v) is 9.83. The molecule has 0 spiro atoms. The largest absolute Gasteiger partial charge is 0.356 e. The molecule has 1 aliphatic rings. The van der Waals surface area contributed by atoms with Gasteiger partial charge in [-0.25, -0.2) is 8.42 Å². The van der Waals surface area contributed by atoms with Crippen molar-refractivity contribution in [3.8, 4) is 0 Å². The molecule has 1 aromatic carbocycles. The van der Waals surface area contributed by atoms with E-state index in [1.54, 1.807) is 30.3 Å². The quantitative estimate of drug-likeness (QED) is 0.747.